The first-order chi connectivity index (χ1) is 12.2. The Hall–Kier alpha value is -2.07. The van der Waals surface area contributed by atoms with Gasteiger partial charge < -0.3 is 9.72 Å². The average molecular weight is 340 g/mol. The molecule has 25 heavy (non-hydrogen) atoms. The molecule has 0 saturated carbocycles. The summed E-state index contributed by atoms with van der Waals surface area (Å²) in [6.07, 6.45) is 5.20. The molecule has 1 N–H and O–H groups in total. The quantitative estimate of drug-likeness (QED) is 0.866. The first-order valence-corrected chi connectivity index (χ1v) is 9.31. The monoisotopic (exact) mass is 340 g/mol. The Kier molecular flexibility index (Phi) is 5.92. The minimum Gasteiger partial charge on any atom is -0.490 e. The normalized spacial score (nSPS) is 17.4. The number of likely N-dealkylation sites (tertiary alicyclic amines) is 1. The second kappa shape index (κ2) is 8.34. The van der Waals surface area contributed by atoms with Crippen LogP contribution in [-0.4, -0.2) is 29.1 Å². The fourth-order valence-electron chi connectivity index (χ4n) is 3.43. The zero-order valence-electron chi connectivity index (χ0n) is 15.2. The maximum absolute atomic E-state index is 11.5. The van der Waals surface area contributed by atoms with Crippen LogP contribution in [0.15, 0.2) is 47.4 Å². The van der Waals surface area contributed by atoms with Crippen LogP contribution >= 0.6 is 0 Å². The summed E-state index contributed by atoms with van der Waals surface area (Å²) in [7, 11) is 0. The van der Waals surface area contributed by atoms with Crippen LogP contribution in [0.25, 0.3) is 0 Å². The van der Waals surface area contributed by atoms with Crippen molar-refractivity contribution >= 4 is 0 Å². The lowest BCUT2D eigenvalue weighted by Crippen LogP contribution is -2.33. The number of benzene rings is 1. The number of piperidine rings is 1. The number of aromatic amines is 1. The minimum atomic E-state index is -0.00366. The van der Waals surface area contributed by atoms with Crippen molar-refractivity contribution in [3.05, 3.63) is 64.1 Å². The first-order valence-electron chi connectivity index (χ1n) is 9.31. The number of para-hydroxylation sites is 1. The van der Waals surface area contributed by atoms with Crippen LogP contribution in [0.3, 0.4) is 0 Å². The van der Waals surface area contributed by atoms with Gasteiger partial charge in [-0.1, -0.05) is 25.1 Å². The Balaban J connectivity index is 1.60. The molecule has 4 nitrogen and oxygen atoms in total. The summed E-state index contributed by atoms with van der Waals surface area (Å²) in [6, 6.07) is 12.2. The maximum atomic E-state index is 11.5. The van der Waals surface area contributed by atoms with E-state index in [1.54, 1.807) is 12.3 Å². The number of H-pyrrole nitrogens is 1. The molecule has 1 unspecified atom stereocenters. The molecule has 1 fully saturated rings. The number of nitrogens with zero attached hydrogens (tertiary/aromatic N) is 1. The van der Waals surface area contributed by atoms with Crippen LogP contribution in [0.2, 0.25) is 0 Å². The van der Waals surface area contributed by atoms with Gasteiger partial charge in [-0.25, -0.2) is 0 Å². The van der Waals surface area contributed by atoms with Gasteiger partial charge in [0.05, 0.1) is 6.10 Å². The summed E-state index contributed by atoms with van der Waals surface area (Å²) in [6.45, 7) is 7.29. The molecule has 0 bridgehead atoms. The number of hydrogen-bond donors (Lipinski definition) is 1. The SMILES string of the molecule is CCC(C)Oc1ccccc1CN1CCC(c2cc[nH]c(=O)c2)CC1. The molecule has 1 aliphatic rings. The maximum Gasteiger partial charge on any atom is 0.248 e. The molecule has 1 aromatic carbocycles. The van der Waals surface area contributed by atoms with Crippen molar-refractivity contribution in [3.8, 4) is 5.75 Å². The summed E-state index contributed by atoms with van der Waals surface area (Å²) in [5.74, 6) is 1.50. The molecule has 3 rings (SSSR count). The molecule has 2 aromatic rings. The van der Waals surface area contributed by atoms with E-state index in [4.69, 9.17) is 4.74 Å². The summed E-state index contributed by atoms with van der Waals surface area (Å²) in [4.78, 5) is 16.7. The van der Waals surface area contributed by atoms with Gasteiger partial charge in [0, 0.05) is 24.4 Å². The number of pyridine rings is 1. The van der Waals surface area contributed by atoms with Gasteiger partial charge in [-0.05, 0) is 62.9 Å². The second-order valence-electron chi connectivity index (χ2n) is 6.98. The molecule has 1 aromatic heterocycles. The molecule has 0 spiro atoms. The highest BCUT2D eigenvalue weighted by atomic mass is 16.5. The van der Waals surface area contributed by atoms with Crippen molar-refractivity contribution in [1.29, 1.82) is 0 Å². The lowest BCUT2D eigenvalue weighted by atomic mass is 9.90. The molecule has 1 saturated heterocycles. The van der Waals surface area contributed by atoms with Gasteiger partial charge >= 0.3 is 0 Å². The number of ether oxygens (including phenoxy) is 1. The van der Waals surface area contributed by atoms with E-state index in [1.165, 1.54) is 11.1 Å². The van der Waals surface area contributed by atoms with Gasteiger partial charge in [0.25, 0.3) is 0 Å². The van der Waals surface area contributed by atoms with E-state index in [-0.39, 0.29) is 11.7 Å². The van der Waals surface area contributed by atoms with Crippen LogP contribution in [0, 0.1) is 0 Å². The lowest BCUT2D eigenvalue weighted by Gasteiger charge is -2.32. The van der Waals surface area contributed by atoms with Crippen molar-refractivity contribution < 1.29 is 4.74 Å². The summed E-state index contributed by atoms with van der Waals surface area (Å²) >= 11 is 0. The average Bonchev–Trinajstić information content (AvgIpc) is 2.64. The molecule has 2 heterocycles. The highest BCUT2D eigenvalue weighted by molar-refractivity contribution is 5.33. The molecule has 1 aliphatic heterocycles. The fraction of sp³-hybridized carbons (Fsp3) is 0.476. The lowest BCUT2D eigenvalue weighted by molar-refractivity contribution is 0.189. The third-order valence-corrected chi connectivity index (χ3v) is 5.13. The summed E-state index contributed by atoms with van der Waals surface area (Å²) < 4.78 is 6.07. The number of nitrogens with one attached hydrogen (secondary N) is 1. The fourth-order valence-corrected chi connectivity index (χ4v) is 3.43. The standard InChI is InChI=1S/C21H28N2O2/c1-3-16(2)25-20-7-5-4-6-19(20)15-23-12-9-17(10-13-23)18-8-11-22-21(24)14-18/h4-8,11,14,16-17H,3,9-10,12-13,15H2,1-2H3,(H,22,24). The van der Waals surface area contributed by atoms with E-state index in [2.05, 4.69) is 41.9 Å². The molecular weight excluding hydrogens is 312 g/mol. The highest BCUT2D eigenvalue weighted by Gasteiger charge is 2.21. The Morgan fingerprint density at radius 2 is 2.00 bits per heavy atom. The Bertz CT molecular complexity index is 732. The van der Waals surface area contributed by atoms with E-state index in [1.807, 2.05) is 12.1 Å². The number of aromatic nitrogens is 1. The molecule has 4 heteroatoms. The number of hydrogen-bond acceptors (Lipinski definition) is 3. The van der Waals surface area contributed by atoms with Crippen molar-refractivity contribution in [2.45, 2.75) is 51.7 Å². The molecule has 0 amide bonds. The Labute approximate surface area is 149 Å². The first kappa shape index (κ1) is 17.7. The van der Waals surface area contributed by atoms with Crippen molar-refractivity contribution in [1.82, 2.24) is 9.88 Å². The van der Waals surface area contributed by atoms with Crippen LogP contribution < -0.4 is 10.3 Å². The predicted molar refractivity (Wildman–Crippen MR) is 101 cm³/mol. The van der Waals surface area contributed by atoms with E-state index in [9.17, 15) is 4.79 Å². The summed E-state index contributed by atoms with van der Waals surface area (Å²) in [5, 5.41) is 0. The zero-order valence-corrected chi connectivity index (χ0v) is 15.2. The summed E-state index contributed by atoms with van der Waals surface area (Å²) in [5.41, 5.74) is 2.43. The second-order valence-corrected chi connectivity index (χ2v) is 6.98. The van der Waals surface area contributed by atoms with E-state index in [0.717, 1.165) is 44.6 Å². The minimum absolute atomic E-state index is 0.00366. The molecule has 1 atom stereocenters. The third kappa shape index (κ3) is 4.73. The molecular formula is C21H28N2O2. The molecule has 134 valence electrons. The van der Waals surface area contributed by atoms with Gasteiger partial charge in [-0.15, -0.1) is 0 Å². The van der Waals surface area contributed by atoms with E-state index < -0.39 is 0 Å². The predicted octanol–water partition coefficient (Wildman–Crippen LogP) is 3.93. The smallest absolute Gasteiger partial charge is 0.248 e. The van der Waals surface area contributed by atoms with Gasteiger partial charge in [0.2, 0.25) is 5.56 Å². The zero-order chi connectivity index (χ0) is 17.6. The molecule has 0 aliphatic carbocycles. The van der Waals surface area contributed by atoms with E-state index in [0.29, 0.717) is 5.92 Å². The Morgan fingerprint density at radius 1 is 1.24 bits per heavy atom. The Morgan fingerprint density at radius 3 is 2.72 bits per heavy atom. The third-order valence-electron chi connectivity index (χ3n) is 5.13. The highest BCUT2D eigenvalue weighted by Crippen LogP contribution is 2.29. The number of rotatable bonds is 6. The van der Waals surface area contributed by atoms with Crippen LogP contribution in [-0.2, 0) is 6.54 Å². The van der Waals surface area contributed by atoms with Gasteiger partial charge in [0.1, 0.15) is 5.75 Å². The topological polar surface area (TPSA) is 45.3 Å². The van der Waals surface area contributed by atoms with Gasteiger partial charge in [-0.2, -0.15) is 0 Å². The van der Waals surface area contributed by atoms with Crippen molar-refractivity contribution in [3.63, 3.8) is 0 Å². The van der Waals surface area contributed by atoms with Gasteiger partial charge in [-0.3, -0.25) is 9.69 Å². The van der Waals surface area contributed by atoms with Crippen molar-refractivity contribution in [2.75, 3.05) is 13.1 Å². The van der Waals surface area contributed by atoms with Crippen LogP contribution in [0.1, 0.15) is 50.2 Å². The van der Waals surface area contributed by atoms with Crippen LogP contribution in [0.5, 0.6) is 5.75 Å². The van der Waals surface area contributed by atoms with Crippen molar-refractivity contribution in [2.24, 2.45) is 0 Å². The largest absolute Gasteiger partial charge is 0.490 e. The van der Waals surface area contributed by atoms with Gasteiger partial charge in [0.15, 0.2) is 0 Å². The van der Waals surface area contributed by atoms with E-state index >= 15 is 0 Å². The molecule has 0 radical (unpaired) electrons. The van der Waals surface area contributed by atoms with Crippen LogP contribution in [0.4, 0.5) is 0 Å².